The van der Waals surface area contributed by atoms with Crippen LogP contribution in [0.2, 0.25) is 5.02 Å². The fourth-order valence-corrected chi connectivity index (χ4v) is 1.43. The maximum atomic E-state index is 11.7. The van der Waals surface area contributed by atoms with Crippen molar-refractivity contribution in [1.29, 1.82) is 0 Å². The fraction of sp³-hybridized carbons (Fsp3) is 0.250. The fourth-order valence-electron chi connectivity index (χ4n) is 1.26. The molecule has 0 aromatic heterocycles. The lowest BCUT2D eigenvalue weighted by Crippen LogP contribution is -2.25. The molecule has 90 valence electrons. The molecule has 1 aromatic carbocycles. The predicted molar refractivity (Wildman–Crippen MR) is 64.1 cm³/mol. The average molecular weight is 254 g/mol. The second-order valence-electron chi connectivity index (χ2n) is 3.48. The van der Waals surface area contributed by atoms with Crippen LogP contribution in [0.3, 0.4) is 0 Å². The highest BCUT2D eigenvalue weighted by atomic mass is 35.5. The van der Waals surface area contributed by atoms with E-state index in [4.69, 9.17) is 23.6 Å². The Bertz CT molecular complexity index is 432. The lowest BCUT2D eigenvalue weighted by molar-refractivity contribution is -0.137. The van der Waals surface area contributed by atoms with E-state index in [1.807, 2.05) is 0 Å². The molecule has 0 bridgehead atoms. The summed E-state index contributed by atoms with van der Waals surface area (Å²) in [5.41, 5.74) is 0.637. The number of aliphatic carboxylic acids is 1. The topological polar surface area (TPSA) is 66.4 Å². The molecule has 0 unspecified atom stereocenters. The van der Waals surface area contributed by atoms with Gasteiger partial charge in [0.05, 0.1) is 0 Å². The van der Waals surface area contributed by atoms with E-state index in [1.54, 1.807) is 12.1 Å². The van der Waals surface area contributed by atoms with Crippen molar-refractivity contribution in [3.63, 3.8) is 0 Å². The number of benzene rings is 1. The van der Waals surface area contributed by atoms with Gasteiger partial charge >= 0.3 is 5.97 Å². The second kappa shape index (κ2) is 6.25. The van der Waals surface area contributed by atoms with Gasteiger partial charge in [0.2, 0.25) is 0 Å². The molecule has 0 fully saturated rings. The maximum Gasteiger partial charge on any atom is 0.303 e. The number of amides is 1. The first kappa shape index (κ1) is 13.5. The molecule has 1 rings (SSSR count). The monoisotopic (exact) mass is 253 g/mol. The first-order chi connectivity index (χ1) is 8.00. The molecule has 1 aromatic rings. The minimum atomic E-state index is -0.887. The third-order valence-electron chi connectivity index (χ3n) is 2.11. The van der Waals surface area contributed by atoms with Crippen LogP contribution in [-0.4, -0.2) is 23.5 Å². The Labute approximate surface area is 105 Å². The number of hydrogen-bond donors (Lipinski definition) is 2. The van der Waals surface area contributed by atoms with Crippen LogP contribution in [0, 0.1) is 6.92 Å². The average Bonchev–Trinajstić information content (AvgIpc) is 2.27. The van der Waals surface area contributed by atoms with Crippen LogP contribution in [0.1, 0.15) is 28.8 Å². The molecule has 2 radical (unpaired) electrons. The number of carboxylic acids is 1. The summed E-state index contributed by atoms with van der Waals surface area (Å²) in [4.78, 5) is 21.9. The number of carboxylic acid groups (broad SMARTS) is 1. The van der Waals surface area contributed by atoms with Crippen molar-refractivity contribution in [2.75, 3.05) is 6.54 Å². The van der Waals surface area contributed by atoms with Crippen molar-refractivity contribution >= 4 is 23.5 Å². The van der Waals surface area contributed by atoms with E-state index in [0.29, 0.717) is 22.6 Å². The number of nitrogens with one attached hydrogen (secondary N) is 1. The minimum Gasteiger partial charge on any atom is -0.481 e. The Morgan fingerprint density at radius 2 is 2.12 bits per heavy atom. The molecule has 0 atom stereocenters. The quantitative estimate of drug-likeness (QED) is 0.789. The van der Waals surface area contributed by atoms with Crippen LogP contribution in [0.25, 0.3) is 0 Å². The molecule has 0 aliphatic carbocycles. The van der Waals surface area contributed by atoms with E-state index < -0.39 is 5.97 Å². The van der Waals surface area contributed by atoms with Gasteiger partial charge in [0.15, 0.2) is 0 Å². The van der Waals surface area contributed by atoms with Gasteiger partial charge in [-0.25, -0.2) is 0 Å². The van der Waals surface area contributed by atoms with Crippen LogP contribution in [0.5, 0.6) is 0 Å². The third-order valence-corrected chi connectivity index (χ3v) is 2.35. The third kappa shape index (κ3) is 4.44. The van der Waals surface area contributed by atoms with Gasteiger partial charge in [-0.15, -0.1) is 0 Å². The molecule has 0 saturated heterocycles. The summed E-state index contributed by atoms with van der Waals surface area (Å²) in [5.74, 6) is -1.24. The molecule has 0 aliphatic heterocycles. The van der Waals surface area contributed by atoms with Crippen molar-refractivity contribution in [1.82, 2.24) is 5.32 Å². The van der Waals surface area contributed by atoms with Gasteiger partial charge in [0, 0.05) is 23.6 Å². The lowest BCUT2D eigenvalue weighted by Gasteiger charge is -2.07. The predicted octanol–water partition coefficient (Wildman–Crippen LogP) is 1.99. The molecular formula is C12H12ClNO3. The van der Waals surface area contributed by atoms with Crippen LogP contribution < -0.4 is 5.32 Å². The van der Waals surface area contributed by atoms with Gasteiger partial charge in [-0.1, -0.05) is 17.7 Å². The summed E-state index contributed by atoms with van der Waals surface area (Å²) < 4.78 is 0. The summed E-state index contributed by atoms with van der Waals surface area (Å²) >= 11 is 5.75. The first-order valence-electron chi connectivity index (χ1n) is 5.05. The van der Waals surface area contributed by atoms with Crippen LogP contribution in [-0.2, 0) is 4.79 Å². The molecule has 2 N–H and O–H groups in total. The lowest BCUT2D eigenvalue weighted by atomic mass is 10.1. The number of carbonyl (C=O) groups excluding carboxylic acids is 1. The zero-order chi connectivity index (χ0) is 12.8. The summed E-state index contributed by atoms with van der Waals surface area (Å²) in [6.07, 6.45) is 0.396. The Morgan fingerprint density at radius 3 is 2.76 bits per heavy atom. The SMILES string of the molecule is [CH]c1ccc(Cl)cc1C(=O)NCCCC(=O)O. The summed E-state index contributed by atoms with van der Waals surface area (Å²) in [5, 5.41) is 11.4. The van der Waals surface area contributed by atoms with Crippen LogP contribution >= 0.6 is 11.6 Å². The minimum absolute atomic E-state index is 0.0192. The largest absolute Gasteiger partial charge is 0.481 e. The maximum absolute atomic E-state index is 11.7. The molecule has 0 heterocycles. The molecule has 4 nitrogen and oxygen atoms in total. The van der Waals surface area contributed by atoms with Gasteiger partial charge in [-0.2, -0.15) is 0 Å². The molecule has 0 saturated carbocycles. The van der Waals surface area contributed by atoms with Gasteiger partial charge in [-0.05, 0) is 31.0 Å². The first-order valence-corrected chi connectivity index (χ1v) is 5.43. The Hall–Kier alpha value is -1.55. The highest BCUT2D eigenvalue weighted by Crippen LogP contribution is 2.15. The highest BCUT2D eigenvalue weighted by Gasteiger charge is 2.09. The van der Waals surface area contributed by atoms with Crippen molar-refractivity contribution < 1.29 is 14.7 Å². The molecule has 1 amide bonds. The van der Waals surface area contributed by atoms with E-state index in [9.17, 15) is 9.59 Å². The Balaban J connectivity index is 2.52. The van der Waals surface area contributed by atoms with E-state index in [1.165, 1.54) is 6.07 Å². The van der Waals surface area contributed by atoms with Crippen molar-refractivity contribution in [2.45, 2.75) is 12.8 Å². The summed E-state index contributed by atoms with van der Waals surface area (Å²) in [6.45, 7) is 5.92. The van der Waals surface area contributed by atoms with Crippen molar-refractivity contribution in [2.24, 2.45) is 0 Å². The van der Waals surface area contributed by atoms with Gasteiger partial charge in [0.25, 0.3) is 5.91 Å². The van der Waals surface area contributed by atoms with Gasteiger partial charge < -0.3 is 10.4 Å². The van der Waals surface area contributed by atoms with Crippen LogP contribution in [0.4, 0.5) is 0 Å². The van der Waals surface area contributed by atoms with Gasteiger partial charge in [-0.3, -0.25) is 9.59 Å². The Kier molecular flexibility index (Phi) is 4.97. The van der Waals surface area contributed by atoms with E-state index >= 15 is 0 Å². The second-order valence-corrected chi connectivity index (χ2v) is 3.92. The molecule has 0 spiro atoms. The molecule has 17 heavy (non-hydrogen) atoms. The molecule has 5 heteroatoms. The zero-order valence-corrected chi connectivity index (χ0v) is 9.83. The van der Waals surface area contributed by atoms with Crippen molar-refractivity contribution in [3.05, 3.63) is 41.3 Å². The number of rotatable bonds is 5. The number of hydrogen-bond acceptors (Lipinski definition) is 2. The van der Waals surface area contributed by atoms with Crippen molar-refractivity contribution in [3.8, 4) is 0 Å². The molecule has 0 aliphatic rings. The van der Waals surface area contributed by atoms with E-state index in [0.717, 1.165) is 0 Å². The molecular weight excluding hydrogens is 242 g/mol. The number of carbonyl (C=O) groups is 2. The van der Waals surface area contributed by atoms with Crippen LogP contribution in [0.15, 0.2) is 18.2 Å². The smallest absolute Gasteiger partial charge is 0.303 e. The Morgan fingerprint density at radius 1 is 1.41 bits per heavy atom. The standard InChI is InChI=1S/C12H12ClNO3/c1-8-4-5-9(13)7-10(8)12(17)14-6-2-3-11(15)16/h1,4-5,7H,2-3,6H2,(H,14,17)(H,15,16). The summed E-state index contributed by atoms with van der Waals surface area (Å²) in [6, 6.07) is 4.62. The van der Waals surface area contributed by atoms with Gasteiger partial charge in [0.1, 0.15) is 0 Å². The zero-order valence-electron chi connectivity index (χ0n) is 9.07. The number of halogens is 1. The summed E-state index contributed by atoms with van der Waals surface area (Å²) in [7, 11) is 0. The van der Waals surface area contributed by atoms with E-state index in [-0.39, 0.29) is 18.9 Å². The normalized spacial score (nSPS) is 10.0. The highest BCUT2D eigenvalue weighted by molar-refractivity contribution is 6.31. The van der Waals surface area contributed by atoms with E-state index in [2.05, 4.69) is 5.32 Å².